The Bertz CT molecular complexity index is 325. The molecule has 1 N–H and O–H groups in total. The Labute approximate surface area is 90.0 Å². The van der Waals surface area contributed by atoms with Crippen molar-refractivity contribution in [2.75, 3.05) is 0 Å². The molecular formula is C11H18N2O2. The average Bonchev–Trinajstić information content (AvgIpc) is 2.72. The smallest absolute Gasteiger partial charge is 0.245 e. The lowest BCUT2D eigenvalue weighted by Crippen LogP contribution is -2.62. The fourth-order valence-corrected chi connectivity index (χ4v) is 2.27. The van der Waals surface area contributed by atoms with Crippen LogP contribution in [0.1, 0.15) is 34.1 Å². The van der Waals surface area contributed by atoms with Crippen LogP contribution in [0.5, 0.6) is 0 Å². The minimum absolute atomic E-state index is 0.0372. The van der Waals surface area contributed by atoms with E-state index in [2.05, 4.69) is 19.2 Å². The van der Waals surface area contributed by atoms with Crippen LogP contribution in [0.2, 0.25) is 0 Å². The van der Waals surface area contributed by atoms with Gasteiger partial charge in [-0.3, -0.25) is 9.59 Å². The lowest BCUT2D eigenvalue weighted by atomic mass is 10.1. The van der Waals surface area contributed by atoms with Crippen LogP contribution in [0.3, 0.4) is 0 Å². The zero-order valence-corrected chi connectivity index (χ0v) is 9.70. The van der Waals surface area contributed by atoms with E-state index < -0.39 is 0 Å². The molecule has 15 heavy (non-hydrogen) atoms. The Hall–Kier alpha value is -1.06. The van der Waals surface area contributed by atoms with Gasteiger partial charge in [-0.15, -0.1) is 0 Å². The van der Waals surface area contributed by atoms with Gasteiger partial charge in [0.25, 0.3) is 0 Å². The zero-order chi connectivity index (χ0) is 11.4. The van der Waals surface area contributed by atoms with E-state index in [1.165, 1.54) is 0 Å². The number of nitrogens with one attached hydrogen (secondary N) is 1. The fourth-order valence-electron chi connectivity index (χ4n) is 2.27. The minimum Gasteiger partial charge on any atom is -0.343 e. The highest BCUT2D eigenvalue weighted by Crippen LogP contribution is 2.49. The second-order valence-electron chi connectivity index (χ2n) is 5.36. The third kappa shape index (κ3) is 1.52. The van der Waals surface area contributed by atoms with Crippen LogP contribution < -0.4 is 5.32 Å². The van der Waals surface area contributed by atoms with E-state index in [4.69, 9.17) is 0 Å². The SMILES string of the molecule is CC1NC(=O)C(C)N(C2CC2(C)C)C1=O. The van der Waals surface area contributed by atoms with Crippen molar-refractivity contribution in [3.05, 3.63) is 0 Å². The molecule has 0 radical (unpaired) electrons. The summed E-state index contributed by atoms with van der Waals surface area (Å²) in [4.78, 5) is 25.3. The van der Waals surface area contributed by atoms with Crippen molar-refractivity contribution in [3.8, 4) is 0 Å². The second-order valence-corrected chi connectivity index (χ2v) is 5.36. The summed E-state index contributed by atoms with van der Waals surface area (Å²) in [6.07, 6.45) is 1.00. The molecule has 4 nitrogen and oxygen atoms in total. The highest BCUT2D eigenvalue weighted by molar-refractivity contribution is 5.96. The van der Waals surface area contributed by atoms with Gasteiger partial charge >= 0.3 is 0 Å². The minimum atomic E-state index is -0.370. The molecule has 2 fully saturated rings. The van der Waals surface area contributed by atoms with Crippen molar-refractivity contribution < 1.29 is 9.59 Å². The highest BCUT2D eigenvalue weighted by Gasteiger charge is 2.55. The fraction of sp³-hybridized carbons (Fsp3) is 0.818. The van der Waals surface area contributed by atoms with Crippen molar-refractivity contribution in [2.24, 2.45) is 5.41 Å². The summed E-state index contributed by atoms with van der Waals surface area (Å²) in [6, 6.07) is -0.445. The molecule has 0 spiro atoms. The van der Waals surface area contributed by atoms with E-state index in [1.807, 2.05) is 0 Å². The van der Waals surface area contributed by atoms with Crippen molar-refractivity contribution in [1.29, 1.82) is 0 Å². The first kappa shape index (κ1) is 10.5. The van der Waals surface area contributed by atoms with Gasteiger partial charge in [-0.25, -0.2) is 0 Å². The number of hydrogen-bond acceptors (Lipinski definition) is 2. The summed E-state index contributed by atoms with van der Waals surface area (Å²) in [6.45, 7) is 7.81. The first-order valence-corrected chi connectivity index (χ1v) is 5.47. The van der Waals surface area contributed by atoms with Crippen molar-refractivity contribution in [2.45, 2.75) is 52.2 Å². The van der Waals surface area contributed by atoms with Gasteiger partial charge in [-0.2, -0.15) is 0 Å². The summed E-state index contributed by atoms with van der Waals surface area (Å²) < 4.78 is 0. The molecule has 0 bridgehead atoms. The summed E-state index contributed by atoms with van der Waals surface area (Å²) in [5.41, 5.74) is 0.182. The van der Waals surface area contributed by atoms with Crippen LogP contribution in [-0.2, 0) is 9.59 Å². The maximum absolute atomic E-state index is 12.0. The van der Waals surface area contributed by atoms with Crippen LogP contribution in [0, 0.1) is 5.41 Å². The Kier molecular flexibility index (Phi) is 2.07. The average molecular weight is 210 g/mol. The molecule has 2 amide bonds. The largest absolute Gasteiger partial charge is 0.343 e. The molecule has 4 heteroatoms. The van der Waals surface area contributed by atoms with Crippen LogP contribution in [0.4, 0.5) is 0 Å². The molecule has 3 atom stereocenters. The highest BCUT2D eigenvalue weighted by atomic mass is 16.2. The van der Waals surface area contributed by atoms with Crippen molar-refractivity contribution >= 4 is 11.8 Å². The Balaban J connectivity index is 2.21. The molecular weight excluding hydrogens is 192 g/mol. The lowest BCUT2D eigenvalue weighted by Gasteiger charge is -2.37. The Morgan fingerprint density at radius 2 is 1.87 bits per heavy atom. The zero-order valence-electron chi connectivity index (χ0n) is 9.70. The summed E-state index contributed by atoms with van der Waals surface area (Å²) in [7, 11) is 0. The van der Waals surface area contributed by atoms with Crippen LogP contribution >= 0.6 is 0 Å². The molecule has 0 aromatic carbocycles. The number of carbonyl (C=O) groups excluding carboxylic acids is 2. The number of rotatable bonds is 1. The molecule has 1 heterocycles. The molecule has 0 aromatic heterocycles. The van der Waals surface area contributed by atoms with Gasteiger partial charge in [0.2, 0.25) is 11.8 Å². The predicted octanol–water partition coefficient (Wildman–Crippen LogP) is 0.520. The third-order valence-electron chi connectivity index (χ3n) is 3.58. The van der Waals surface area contributed by atoms with Crippen LogP contribution in [-0.4, -0.2) is 34.8 Å². The van der Waals surface area contributed by atoms with Crippen LogP contribution in [0.15, 0.2) is 0 Å². The van der Waals surface area contributed by atoms with Gasteiger partial charge in [-0.1, -0.05) is 13.8 Å². The maximum atomic E-state index is 12.0. The van der Waals surface area contributed by atoms with Gasteiger partial charge < -0.3 is 10.2 Å². The first-order chi connectivity index (χ1) is 6.84. The molecule has 1 aliphatic heterocycles. The van der Waals surface area contributed by atoms with E-state index in [1.54, 1.807) is 18.7 Å². The van der Waals surface area contributed by atoms with Crippen molar-refractivity contribution in [1.82, 2.24) is 10.2 Å². The molecule has 1 aliphatic carbocycles. The van der Waals surface area contributed by atoms with E-state index in [9.17, 15) is 9.59 Å². The standard InChI is InChI=1S/C11H18N2O2/c1-6-10(15)13(7(2)9(14)12-6)8-5-11(8,3)4/h6-8H,5H2,1-4H3,(H,12,14). The van der Waals surface area contributed by atoms with E-state index >= 15 is 0 Å². The Morgan fingerprint density at radius 1 is 1.33 bits per heavy atom. The third-order valence-corrected chi connectivity index (χ3v) is 3.58. The van der Waals surface area contributed by atoms with Gasteiger partial charge in [-0.05, 0) is 25.7 Å². The lowest BCUT2D eigenvalue weighted by molar-refractivity contribution is -0.149. The number of carbonyl (C=O) groups is 2. The molecule has 1 saturated heterocycles. The maximum Gasteiger partial charge on any atom is 0.245 e. The second kappa shape index (κ2) is 2.97. The van der Waals surface area contributed by atoms with E-state index in [-0.39, 0.29) is 35.4 Å². The number of amides is 2. The van der Waals surface area contributed by atoms with Crippen LogP contribution in [0.25, 0.3) is 0 Å². The molecule has 0 aromatic rings. The predicted molar refractivity (Wildman–Crippen MR) is 56.1 cm³/mol. The quantitative estimate of drug-likeness (QED) is 0.686. The van der Waals surface area contributed by atoms with Gasteiger partial charge in [0.1, 0.15) is 12.1 Å². The van der Waals surface area contributed by atoms with Gasteiger partial charge in [0, 0.05) is 6.04 Å². The van der Waals surface area contributed by atoms with E-state index in [0.29, 0.717) is 0 Å². The molecule has 1 saturated carbocycles. The van der Waals surface area contributed by atoms with Gasteiger partial charge in [0.15, 0.2) is 0 Å². The summed E-state index contributed by atoms with van der Waals surface area (Å²) in [5, 5.41) is 2.69. The molecule has 2 aliphatic rings. The molecule has 2 rings (SSSR count). The normalized spacial score (nSPS) is 38.9. The number of hydrogen-bond donors (Lipinski definition) is 1. The molecule has 3 unspecified atom stereocenters. The first-order valence-electron chi connectivity index (χ1n) is 5.47. The topological polar surface area (TPSA) is 49.4 Å². The summed E-state index contributed by atoms with van der Waals surface area (Å²) in [5.74, 6) is 0.0162. The number of nitrogens with zero attached hydrogens (tertiary/aromatic N) is 1. The van der Waals surface area contributed by atoms with E-state index in [0.717, 1.165) is 6.42 Å². The monoisotopic (exact) mass is 210 g/mol. The molecule has 84 valence electrons. The van der Waals surface area contributed by atoms with Gasteiger partial charge in [0.05, 0.1) is 0 Å². The summed E-state index contributed by atoms with van der Waals surface area (Å²) >= 11 is 0. The van der Waals surface area contributed by atoms with Crippen molar-refractivity contribution in [3.63, 3.8) is 0 Å². The number of piperazine rings is 1. The Morgan fingerprint density at radius 3 is 2.33 bits per heavy atom.